The predicted molar refractivity (Wildman–Crippen MR) is 61.9 cm³/mol. The van der Waals surface area contributed by atoms with E-state index in [0.29, 0.717) is 12.8 Å². The largest absolute Gasteiger partial charge is 0.264 e. The molecule has 0 aliphatic heterocycles. The molecule has 0 bridgehead atoms. The van der Waals surface area contributed by atoms with Crippen LogP contribution in [0.2, 0.25) is 0 Å². The van der Waals surface area contributed by atoms with E-state index in [1.54, 1.807) is 0 Å². The number of nitrogens with zero attached hydrogens (tertiary/aromatic N) is 1. The number of hydrogen-bond acceptors (Lipinski definition) is 2. The lowest BCUT2D eigenvalue weighted by atomic mass is 9.97. The summed E-state index contributed by atoms with van der Waals surface area (Å²) in [5, 5.41) is 13.2. The third-order valence-corrected chi connectivity index (χ3v) is 3.36. The lowest BCUT2D eigenvalue weighted by molar-refractivity contribution is -0.546. The Morgan fingerprint density at radius 2 is 1.75 bits per heavy atom. The molecule has 0 saturated heterocycles. The van der Waals surface area contributed by atoms with E-state index in [0.717, 1.165) is 16.3 Å². The maximum absolute atomic E-state index is 11.1. The molecule has 3 rings (SSSR count). The first-order chi connectivity index (χ1) is 7.74. The van der Waals surface area contributed by atoms with Crippen molar-refractivity contribution in [2.24, 2.45) is 0 Å². The lowest BCUT2D eigenvalue weighted by Crippen LogP contribution is -2.18. The molecule has 0 radical (unpaired) electrons. The summed E-state index contributed by atoms with van der Waals surface area (Å²) in [7, 11) is 0. The molecular weight excluding hydrogens is 202 g/mol. The highest BCUT2D eigenvalue weighted by Crippen LogP contribution is 2.50. The minimum Gasteiger partial charge on any atom is -0.264 e. The van der Waals surface area contributed by atoms with E-state index in [2.05, 4.69) is 0 Å². The summed E-state index contributed by atoms with van der Waals surface area (Å²) in [5.41, 5.74) is 0.0662. The van der Waals surface area contributed by atoms with Crippen LogP contribution < -0.4 is 0 Å². The summed E-state index contributed by atoms with van der Waals surface area (Å²) in [6.07, 6.45) is 1.32. The molecule has 0 spiro atoms. The Bertz CT molecular complexity index is 568. The summed E-state index contributed by atoms with van der Waals surface area (Å²) in [6, 6.07) is 13.6. The number of benzene rings is 2. The smallest absolute Gasteiger partial charge is 0.248 e. The predicted octanol–water partition coefficient (Wildman–Crippen LogP) is 3.11. The Kier molecular flexibility index (Phi) is 1.78. The molecule has 80 valence electrons. The molecular formula is C13H11NO2. The quantitative estimate of drug-likeness (QED) is 0.568. The summed E-state index contributed by atoms with van der Waals surface area (Å²) in [4.78, 5) is 11.0. The van der Waals surface area contributed by atoms with Crippen LogP contribution in [0.15, 0.2) is 42.5 Å². The van der Waals surface area contributed by atoms with E-state index in [9.17, 15) is 10.1 Å². The van der Waals surface area contributed by atoms with Gasteiger partial charge in [0.15, 0.2) is 0 Å². The van der Waals surface area contributed by atoms with Crippen LogP contribution in [0, 0.1) is 10.1 Å². The summed E-state index contributed by atoms with van der Waals surface area (Å²) >= 11 is 0. The van der Waals surface area contributed by atoms with Gasteiger partial charge in [0.05, 0.1) is 0 Å². The van der Waals surface area contributed by atoms with Gasteiger partial charge in [0.2, 0.25) is 5.54 Å². The van der Waals surface area contributed by atoms with E-state index >= 15 is 0 Å². The molecule has 1 saturated carbocycles. The van der Waals surface area contributed by atoms with Gasteiger partial charge >= 0.3 is 0 Å². The van der Waals surface area contributed by atoms with E-state index in [1.165, 1.54) is 0 Å². The second-order valence-corrected chi connectivity index (χ2v) is 4.32. The molecule has 1 aliphatic carbocycles. The Morgan fingerprint density at radius 3 is 2.44 bits per heavy atom. The van der Waals surface area contributed by atoms with Crippen LogP contribution >= 0.6 is 0 Å². The average molecular weight is 213 g/mol. The molecule has 1 fully saturated rings. The first-order valence-electron chi connectivity index (χ1n) is 5.37. The van der Waals surface area contributed by atoms with Crippen molar-refractivity contribution in [3.8, 4) is 0 Å². The first-order valence-corrected chi connectivity index (χ1v) is 5.37. The maximum Gasteiger partial charge on any atom is 0.248 e. The SMILES string of the molecule is O=[N+]([O-])C1(c2cccc3ccccc23)CC1. The molecule has 0 atom stereocenters. The number of hydrogen-bond donors (Lipinski definition) is 0. The molecule has 3 heteroatoms. The first kappa shape index (κ1) is 9.33. The second kappa shape index (κ2) is 3.04. The Morgan fingerprint density at radius 1 is 1.06 bits per heavy atom. The van der Waals surface area contributed by atoms with E-state index in [1.807, 2.05) is 42.5 Å². The fourth-order valence-electron chi connectivity index (χ4n) is 2.30. The number of fused-ring (bicyclic) bond motifs is 1. The minimum atomic E-state index is -0.805. The molecule has 3 nitrogen and oxygen atoms in total. The van der Waals surface area contributed by atoms with Gasteiger partial charge in [-0.1, -0.05) is 42.5 Å². The Balaban J connectivity index is 2.29. The fourth-order valence-corrected chi connectivity index (χ4v) is 2.30. The van der Waals surface area contributed by atoms with Crippen LogP contribution in [-0.2, 0) is 5.54 Å². The van der Waals surface area contributed by atoms with Crippen molar-refractivity contribution >= 4 is 10.8 Å². The lowest BCUT2D eigenvalue weighted by Gasteiger charge is -2.10. The standard InChI is InChI=1S/C13H11NO2/c15-14(16)13(8-9-13)12-7-3-5-10-4-1-2-6-11(10)12/h1-7H,8-9H2. The van der Waals surface area contributed by atoms with Crippen LogP contribution in [0.5, 0.6) is 0 Å². The number of rotatable bonds is 2. The van der Waals surface area contributed by atoms with Gasteiger partial charge in [-0.15, -0.1) is 0 Å². The van der Waals surface area contributed by atoms with Crippen LogP contribution in [-0.4, -0.2) is 4.92 Å². The number of nitro groups is 1. The van der Waals surface area contributed by atoms with Crippen LogP contribution in [0.3, 0.4) is 0 Å². The van der Waals surface area contributed by atoms with Crippen molar-refractivity contribution in [2.45, 2.75) is 18.4 Å². The highest BCUT2D eigenvalue weighted by Gasteiger charge is 2.57. The molecule has 1 aliphatic rings. The molecule has 0 unspecified atom stereocenters. The van der Waals surface area contributed by atoms with E-state index in [4.69, 9.17) is 0 Å². The van der Waals surface area contributed by atoms with Crippen molar-refractivity contribution in [1.29, 1.82) is 0 Å². The van der Waals surface area contributed by atoms with Gasteiger partial charge in [-0.3, -0.25) is 10.1 Å². The zero-order valence-corrected chi connectivity index (χ0v) is 8.72. The average Bonchev–Trinajstić information content (AvgIpc) is 3.09. The van der Waals surface area contributed by atoms with Crippen molar-refractivity contribution in [1.82, 2.24) is 0 Å². The van der Waals surface area contributed by atoms with E-state index < -0.39 is 5.54 Å². The monoisotopic (exact) mass is 213 g/mol. The fraction of sp³-hybridized carbons (Fsp3) is 0.231. The molecule has 0 aromatic heterocycles. The minimum absolute atomic E-state index is 0.130. The highest BCUT2D eigenvalue weighted by atomic mass is 16.6. The summed E-state index contributed by atoms with van der Waals surface area (Å²) in [6.45, 7) is 0. The summed E-state index contributed by atoms with van der Waals surface area (Å²) < 4.78 is 0. The Labute approximate surface area is 92.9 Å². The topological polar surface area (TPSA) is 43.1 Å². The van der Waals surface area contributed by atoms with Crippen LogP contribution in [0.25, 0.3) is 10.8 Å². The van der Waals surface area contributed by atoms with Crippen molar-refractivity contribution < 1.29 is 4.92 Å². The normalized spacial score (nSPS) is 17.2. The van der Waals surface area contributed by atoms with Gasteiger partial charge in [0, 0.05) is 23.3 Å². The van der Waals surface area contributed by atoms with Gasteiger partial charge in [-0.2, -0.15) is 0 Å². The molecule has 16 heavy (non-hydrogen) atoms. The third-order valence-electron chi connectivity index (χ3n) is 3.36. The van der Waals surface area contributed by atoms with Gasteiger partial charge in [-0.25, -0.2) is 0 Å². The van der Waals surface area contributed by atoms with Gasteiger partial charge in [0.1, 0.15) is 0 Å². The third kappa shape index (κ3) is 1.14. The van der Waals surface area contributed by atoms with Gasteiger partial charge in [0.25, 0.3) is 0 Å². The van der Waals surface area contributed by atoms with Crippen molar-refractivity contribution in [3.05, 3.63) is 58.1 Å². The van der Waals surface area contributed by atoms with Crippen molar-refractivity contribution in [3.63, 3.8) is 0 Å². The maximum atomic E-state index is 11.1. The molecule has 0 N–H and O–H groups in total. The molecule has 2 aromatic rings. The van der Waals surface area contributed by atoms with Crippen LogP contribution in [0.1, 0.15) is 18.4 Å². The zero-order valence-electron chi connectivity index (χ0n) is 8.72. The summed E-state index contributed by atoms with van der Waals surface area (Å²) in [5.74, 6) is 0. The van der Waals surface area contributed by atoms with Crippen molar-refractivity contribution in [2.75, 3.05) is 0 Å². The Hall–Kier alpha value is -1.90. The second-order valence-electron chi connectivity index (χ2n) is 4.32. The van der Waals surface area contributed by atoms with Crippen LogP contribution in [0.4, 0.5) is 0 Å². The van der Waals surface area contributed by atoms with Gasteiger partial charge in [-0.05, 0) is 10.8 Å². The molecule has 0 heterocycles. The highest BCUT2D eigenvalue weighted by molar-refractivity contribution is 5.86. The zero-order chi connectivity index (χ0) is 11.2. The molecule has 2 aromatic carbocycles. The van der Waals surface area contributed by atoms with Gasteiger partial charge < -0.3 is 0 Å². The molecule has 0 amide bonds. The van der Waals surface area contributed by atoms with E-state index in [-0.39, 0.29) is 4.92 Å².